The van der Waals surface area contributed by atoms with Crippen molar-refractivity contribution >= 4 is 5.97 Å². The Balaban J connectivity index is 2.82. The molecule has 0 heterocycles. The van der Waals surface area contributed by atoms with Crippen molar-refractivity contribution in [2.24, 2.45) is 11.8 Å². The van der Waals surface area contributed by atoms with Crippen LogP contribution in [0, 0.1) is 25.7 Å². The van der Waals surface area contributed by atoms with Crippen molar-refractivity contribution in [1.82, 2.24) is 0 Å². The van der Waals surface area contributed by atoms with Gasteiger partial charge in [0.15, 0.2) is 0 Å². The summed E-state index contributed by atoms with van der Waals surface area (Å²) in [5.41, 5.74) is 3.54. The summed E-state index contributed by atoms with van der Waals surface area (Å²) in [6.45, 7) is 8.23. The van der Waals surface area contributed by atoms with Crippen molar-refractivity contribution in [3.05, 3.63) is 34.9 Å². The fourth-order valence-corrected chi connectivity index (χ4v) is 2.31. The van der Waals surface area contributed by atoms with E-state index in [2.05, 4.69) is 45.9 Å². The molecule has 0 amide bonds. The van der Waals surface area contributed by atoms with Gasteiger partial charge in [-0.15, -0.1) is 0 Å². The molecule has 0 fully saturated rings. The fourth-order valence-electron chi connectivity index (χ4n) is 2.31. The van der Waals surface area contributed by atoms with E-state index in [0.717, 1.165) is 12.0 Å². The fraction of sp³-hybridized carbons (Fsp3) is 0.533. The molecule has 0 aromatic heterocycles. The highest BCUT2D eigenvalue weighted by Crippen LogP contribution is 2.19. The Kier molecular flexibility index (Phi) is 4.73. The summed E-state index contributed by atoms with van der Waals surface area (Å²) in [6, 6.07) is 6.29. The Morgan fingerprint density at radius 2 is 1.71 bits per heavy atom. The summed E-state index contributed by atoms with van der Waals surface area (Å²) in [7, 11) is 0. The molecule has 1 aromatic rings. The zero-order valence-corrected chi connectivity index (χ0v) is 11.2. The van der Waals surface area contributed by atoms with Crippen LogP contribution in [0.2, 0.25) is 0 Å². The maximum absolute atomic E-state index is 11.2. The number of aryl methyl sites for hydroxylation is 2. The van der Waals surface area contributed by atoms with Gasteiger partial charge in [-0.3, -0.25) is 4.79 Å². The third-order valence-electron chi connectivity index (χ3n) is 2.87. The highest BCUT2D eigenvalue weighted by atomic mass is 16.4. The van der Waals surface area contributed by atoms with Gasteiger partial charge in [-0.2, -0.15) is 0 Å². The number of carboxylic acid groups (broad SMARTS) is 1. The summed E-state index contributed by atoms with van der Waals surface area (Å²) < 4.78 is 0. The van der Waals surface area contributed by atoms with Gasteiger partial charge < -0.3 is 5.11 Å². The normalized spacial score (nSPS) is 12.8. The van der Waals surface area contributed by atoms with E-state index in [-0.39, 0.29) is 5.92 Å². The predicted molar refractivity (Wildman–Crippen MR) is 70.2 cm³/mol. The highest BCUT2D eigenvalue weighted by Gasteiger charge is 2.19. The number of hydrogen-bond acceptors (Lipinski definition) is 1. The Hall–Kier alpha value is -1.31. The van der Waals surface area contributed by atoms with Crippen molar-refractivity contribution in [3.8, 4) is 0 Å². The number of benzene rings is 1. The first-order valence-corrected chi connectivity index (χ1v) is 6.18. The van der Waals surface area contributed by atoms with Gasteiger partial charge in [0, 0.05) is 0 Å². The molecule has 1 atom stereocenters. The Bertz CT molecular complexity index is 374. The van der Waals surface area contributed by atoms with E-state index in [0.29, 0.717) is 12.3 Å². The van der Waals surface area contributed by atoms with E-state index in [1.807, 2.05) is 0 Å². The van der Waals surface area contributed by atoms with Gasteiger partial charge in [-0.1, -0.05) is 43.2 Å². The third kappa shape index (κ3) is 4.59. The van der Waals surface area contributed by atoms with Crippen molar-refractivity contribution in [1.29, 1.82) is 0 Å². The molecule has 0 saturated carbocycles. The molecule has 1 rings (SSSR count). The first-order chi connectivity index (χ1) is 7.88. The van der Waals surface area contributed by atoms with Crippen molar-refractivity contribution < 1.29 is 9.90 Å². The molecule has 94 valence electrons. The molecule has 17 heavy (non-hydrogen) atoms. The van der Waals surface area contributed by atoms with Crippen LogP contribution < -0.4 is 0 Å². The van der Waals surface area contributed by atoms with Gasteiger partial charge in [-0.25, -0.2) is 0 Å². The lowest BCUT2D eigenvalue weighted by atomic mass is 9.90. The smallest absolute Gasteiger partial charge is 0.306 e. The molecule has 1 unspecified atom stereocenters. The molecule has 0 bridgehead atoms. The van der Waals surface area contributed by atoms with Crippen LogP contribution in [0.25, 0.3) is 0 Å². The van der Waals surface area contributed by atoms with E-state index in [9.17, 15) is 9.90 Å². The Morgan fingerprint density at radius 1 is 1.18 bits per heavy atom. The van der Waals surface area contributed by atoms with Crippen LogP contribution in [-0.4, -0.2) is 11.1 Å². The van der Waals surface area contributed by atoms with Crippen molar-refractivity contribution in [2.75, 3.05) is 0 Å². The van der Waals surface area contributed by atoms with Gasteiger partial charge >= 0.3 is 5.97 Å². The third-order valence-corrected chi connectivity index (χ3v) is 2.87. The molecule has 0 saturated heterocycles. The maximum Gasteiger partial charge on any atom is 0.306 e. The summed E-state index contributed by atoms with van der Waals surface area (Å²) >= 11 is 0. The second-order valence-electron chi connectivity index (χ2n) is 5.36. The number of aliphatic carboxylic acids is 1. The standard InChI is InChI=1S/C15H22O2/c1-10(2)5-14(15(16)17)9-13-7-11(3)6-12(4)8-13/h6-8,10,14H,5,9H2,1-4H3,(H,16,17). The van der Waals surface area contributed by atoms with Gasteiger partial charge in [0.25, 0.3) is 0 Å². The van der Waals surface area contributed by atoms with Crippen LogP contribution in [0.15, 0.2) is 18.2 Å². The summed E-state index contributed by atoms with van der Waals surface area (Å²) in [5.74, 6) is -0.531. The minimum absolute atomic E-state index is 0.267. The van der Waals surface area contributed by atoms with Crippen molar-refractivity contribution in [2.45, 2.75) is 40.5 Å². The lowest BCUT2D eigenvalue weighted by Crippen LogP contribution is -2.18. The number of hydrogen-bond donors (Lipinski definition) is 1. The van der Waals surface area contributed by atoms with Gasteiger partial charge in [-0.05, 0) is 38.2 Å². The number of carboxylic acids is 1. The topological polar surface area (TPSA) is 37.3 Å². The molecule has 1 aromatic carbocycles. The van der Waals surface area contributed by atoms with Crippen LogP contribution in [-0.2, 0) is 11.2 Å². The maximum atomic E-state index is 11.2. The summed E-state index contributed by atoms with van der Waals surface area (Å²) in [5, 5.41) is 9.22. The average Bonchev–Trinajstić information content (AvgIpc) is 2.13. The van der Waals surface area contributed by atoms with E-state index in [4.69, 9.17) is 0 Å². The lowest BCUT2D eigenvalue weighted by molar-refractivity contribution is -0.142. The minimum atomic E-state index is -0.683. The van der Waals surface area contributed by atoms with Crippen LogP contribution in [0.1, 0.15) is 37.0 Å². The lowest BCUT2D eigenvalue weighted by Gasteiger charge is -2.15. The van der Waals surface area contributed by atoms with E-state index in [1.54, 1.807) is 0 Å². The molecule has 0 aliphatic carbocycles. The van der Waals surface area contributed by atoms with Crippen LogP contribution in [0.3, 0.4) is 0 Å². The SMILES string of the molecule is Cc1cc(C)cc(CC(CC(C)C)C(=O)O)c1. The van der Waals surface area contributed by atoms with Crippen molar-refractivity contribution in [3.63, 3.8) is 0 Å². The summed E-state index contributed by atoms with van der Waals surface area (Å²) in [6.07, 6.45) is 1.37. The predicted octanol–water partition coefficient (Wildman–Crippen LogP) is 3.59. The highest BCUT2D eigenvalue weighted by molar-refractivity contribution is 5.70. The van der Waals surface area contributed by atoms with E-state index >= 15 is 0 Å². The van der Waals surface area contributed by atoms with Crippen LogP contribution in [0.4, 0.5) is 0 Å². The Morgan fingerprint density at radius 3 is 2.12 bits per heavy atom. The molecule has 2 heteroatoms. The molecule has 0 aliphatic heterocycles. The summed E-state index contributed by atoms with van der Waals surface area (Å²) in [4.78, 5) is 11.2. The second kappa shape index (κ2) is 5.85. The first-order valence-electron chi connectivity index (χ1n) is 6.18. The van der Waals surface area contributed by atoms with Gasteiger partial charge in [0.05, 0.1) is 5.92 Å². The monoisotopic (exact) mass is 234 g/mol. The Labute approximate surface area is 104 Å². The van der Waals surface area contributed by atoms with Crippen LogP contribution in [0.5, 0.6) is 0 Å². The average molecular weight is 234 g/mol. The molecule has 2 nitrogen and oxygen atoms in total. The molecule has 0 radical (unpaired) electrons. The molecule has 0 spiro atoms. The zero-order valence-electron chi connectivity index (χ0n) is 11.2. The van der Waals surface area contributed by atoms with Gasteiger partial charge in [0.2, 0.25) is 0 Å². The van der Waals surface area contributed by atoms with E-state index < -0.39 is 5.97 Å². The quantitative estimate of drug-likeness (QED) is 0.845. The molecule has 0 aliphatic rings. The number of carbonyl (C=O) groups is 1. The van der Waals surface area contributed by atoms with Gasteiger partial charge in [0.1, 0.15) is 0 Å². The number of rotatable bonds is 5. The molecular formula is C15H22O2. The van der Waals surface area contributed by atoms with Crippen LogP contribution >= 0.6 is 0 Å². The zero-order chi connectivity index (χ0) is 13.0. The largest absolute Gasteiger partial charge is 0.481 e. The minimum Gasteiger partial charge on any atom is -0.481 e. The second-order valence-corrected chi connectivity index (χ2v) is 5.36. The molecular weight excluding hydrogens is 212 g/mol. The first kappa shape index (κ1) is 13.8. The molecule has 1 N–H and O–H groups in total. The van der Waals surface area contributed by atoms with E-state index in [1.165, 1.54) is 11.1 Å².